The first kappa shape index (κ1) is 19.6. The molecule has 6 heteroatoms. The first-order chi connectivity index (χ1) is 10.5. The summed E-state index contributed by atoms with van der Waals surface area (Å²) in [7, 11) is 0. The predicted octanol–water partition coefficient (Wildman–Crippen LogP) is 4.46. The average Bonchev–Trinajstić information content (AvgIpc) is 2.48. The van der Waals surface area contributed by atoms with Crippen LogP contribution in [0, 0.1) is 6.92 Å². The molecule has 3 N–H and O–H groups in total. The normalized spacial score (nSPS) is 12.2. The molecule has 0 heterocycles. The van der Waals surface area contributed by atoms with Crippen molar-refractivity contribution in [2.45, 2.75) is 20.0 Å². The summed E-state index contributed by atoms with van der Waals surface area (Å²) in [6.45, 7) is 4.44. The molecule has 0 aromatic heterocycles. The van der Waals surface area contributed by atoms with Gasteiger partial charge in [0.1, 0.15) is 11.9 Å². The van der Waals surface area contributed by atoms with Crippen LogP contribution in [0.1, 0.15) is 12.5 Å². The number of nitrogens with zero attached hydrogens (tertiary/aromatic N) is 1. The highest BCUT2D eigenvalue weighted by molar-refractivity contribution is 14.0. The number of halogens is 2. The van der Waals surface area contributed by atoms with Crippen molar-refractivity contribution in [2.24, 2.45) is 10.7 Å². The monoisotopic (exact) mass is 445 g/mol. The van der Waals surface area contributed by atoms with Gasteiger partial charge in [0, 0.05) is 10.7 Å². The highest BCUT2D eigenvalue weighted by atomic mass is 127. The van der Waals surface area contributed by atoms with Crippen molar-refractivity contribution in [1.29, 1.82) is 0 Å². The van der Waals surface area contributed by atoms with Crippen molar-refractivity contribution in [2.75, 3.05) is 11.9 Å². The molecule has 2 rings (SSSR count). The smallest absolute Gasteiger partial charge is 0.193 e. The van der Waals surface area contributed by atoms with Crippen molar-refractivity contribution in [3.63, 3.8) is 0 Å². The second-order valence-electron chi connectivity index (χ2n) is 5.10. The van der Waals surface area contributed by atoms with E-state index in [9.17, 15) is 0 Å². The van der Waals surface area contributed by atoms with Crippen LogP contribution >= 0.6 is 35.6 Å². The molecule has 4 nitrogen and oxygen atoms in total. The molecular formula is C17H21ClIN3O. The lowest BCUT2D eigenvalue weighted by atomic mass is 10.2. The van der Waals surface area contributed by atoms with Crippen LogP contribution in [0.5, 0.6) is 5.75 Å². The van der Waals surface area contributed by atoms with Crippen molar-refractivity contribution in [1.82, 2.24) is 0 Å². The van der Waals surface area contributed by atoms with Crippen LogP contribution in [0.2, 0.25) is 5.02 Å². The van der Waals surface area contributed by atoms with E-state index in [4.69, 9.17) is 22.1 Å². The Hall–Kier alpha value is -1.47. The lowest BCUT2D eigenvalue weighted by Gasteiger charge is -2.13. The number of guanidine groups is 1. The highest BCUT2D eigenvalue weighted by Crippen LogP contribution is 2.16. The van der Waals surface area contributed by atoms with Gasteiger partial charge in [0.15, 0.2) is 5.96 Å². The zero-order valence-electron chi connectivity index (χ0n) is 13.1. The summed E-state index contributed by atoms with van der Waals surface area (Å²) < 4.78 is 5.74. The van der Waals surface area contributed by atoms with Crippen LogP contribution < -0.4 is 15.8 Å². The molecule has 0 bridgehead atoms. The number of rotatable bonds is 5. The zero-order chi connectivity index (χ0) is 15.9. The number of ether oxygens (including phenoxy) is 1. The molecule has 0 fully saturated rings. The van der Waals surface area contributed by atoms with Gasteiger partial charge in [-0.05, 0) is 55.8 Å². The van der Waals surface area contributed by atoms with Crippen molar-refractivity contribution >= 4 is 47.2 Å². The fourth-order valence-corrected chi connectivity index (χ4v) is 2.05. The van der Waals surface area contributed by atoms with Gasteiger partial charge in [-0.3, -0.25) is 0 Å². The minimum atomic E-state index is -0.0842. The number of hydrogen-bond acceptors (Lipinski definition) is 2. The maximum atomic E-state index is 5.88. The lowest BCUT2D eigenvalue weighted by molar-refractivity contribution is 0.230. The number of nitrogens with two attached hydrogens (primary N) is 1. The maximum absolute atomic E-state index is 5.88. The fraction of sp³-hybridized carbons (Fsp3) is 0.235. The van der Waals surface area contributed by atoms with E-state index in [2.05, 4.69) is 10.3 Å². The van der Waals surface area contributed by atoms with E-state index in [1.807, 2.05) is 50.2 Å². The molecule has 0 saturated heterocycles. The van der Waals surface area contributed by atoms with Crippen LogP contribution in [-0.4, -0.2) is 18.6 Å². The summed E-state index contributed by atoms with van der Waals surface area (Å²) in [6.07, 6.45) is -0.0842. The van der Waals surface area contributed by atoms with Crippen LogP contribution in [0.25, 0.3) is 0 Å². The van der Waals surface area contributed by atoms with Crippen LogP contribution in [0.15, 0.2) is 53.5 Å². The van der Waals surface area contributed by atoms with E-state index in [1.165, 1.54) is 0 Å². The Kier molecular flexibility index (Phi) is 8.19. The zero-order valence-corrected chi connectivity index (χ0v) is 16.2. The summed E-state index contributed by atoms with van der Waals surface area (Å²) in [5.41, 5.74) is 7.97. The van der Waals surface area contributed by atoms with Crippen LogP contribution in [0.3, 0.4) is 0 Å². The SMILES string of the molecule is Cc1cccc(NC(N)=NCC(C)Oc2ccc(Cl)cc2)c1.I. The fourth-order valence-electron chi connectivity index (χ4n) is 1.92. The molecule has 0 amide bonds. The number of aryl methyl sites for hydroxylation is 1. The van der Waals surface area contributed by atoms with Crippen LogP contribution in [0.4, 0.5) is 5.69 Å². The van der Waals surface area contributed by atoms with Gasteiger partial charge in [0.25, 0.3) is 0 Å². The Labute approximate surface area is 159 Å². The lowest BCUT2D eigenvalue weighted by Crippen LogP contribution is -2.25. The minimum absolute atomic E-state index is 0. The van der Waals surface area contributed by atoms with E-state index in [0.717, 1.165) is 17.0 Å². The molecule has 2 aromatic carbocycles. The second kappa shape index (κ2) is 9.62. The van der Waals surface area contributed by atoms with E-state index >= 15 is 0 Å². The summed E-state index contributed by atoms with van der Waals surface area (Å²) in [4.78, 5) is 4.29. The topological polar surface area (TPSA) is 59.6 Å². The third-order valence-corrected chi connectivity index (χ3v) is 3.21. The Balaban J connectivity index is 0.00000264. The number of anilines is 1. The molecular weight excluding hydrogens is 425 g/mol. The summed E-state index contributed by atoms with van der Waals surface area (Å²) in [5, 5.41) is 3.75. The van der Waals surface area contributed by atoms with Gasteiger partial charge >= 0.3 is 0 Å². The second-order valence-corrected chi connectivity index (χ2v) is 5.54. The first-order valence-corrected chi connectivity index (χ1v) is 7.46. The van der Waals surface area contributed by atoms with Crippen molar-refractivity contribution in [3.8, 4) is 5.75 Å². The summed E-state index contributed by atoms with van der Waals surface area (Å²) >= 11 is 5.84. The molecule has 2 aromatic rings. The molecule has 0 radical (unpaired) electrons. The van der Waals surface area contributed by atoms with E-state index < -0.39 is 0 Å². The number of aliphatic imine (C=N–C) groups is 1. The standard InChI is InChI=1S/C17H20ClN3O.HI/c1-12-4-3-5-15(10-12)21-17(19)20-11-13(2)22-16-8-6-14(18)7-9-16;/h3-10,13H,11H2,1-2H3,(H3,19,20,21);1H. The Morgan fingerprint density at radius 1 is 1.26 bits per heavy atom. The Morgan fingerprint density at radius 2 is 1.96 bits per heavy atom. The largest absolute Gasteiger partial charge is 0.489 e. The molecule has 1 atom stereocenters. The van der Waals surface area contributed by atoms with E-state index in [0.29, 0.717) is 17.5 Å². The van der Waals surface area contributed by atoms with Crippen molar-refractivity contribution < 1.29 is 4.74 Å². The average molecular weight is 446 g/mol. The predicted molar refractivity (Wildman–Crippen MR) is 108 cm³/mol. The summed E-state index contributed by atoms with van der Waals surface area (Å²) in [5.74, 6) is 1.13. The van der Waals surface area contributed by atoms with Gasteiger partial charge < -0.3 is 15.8 Å². The Bertz CT molecular complexity index is 647. The highest BCUT2D eigenvalue weighted by Gasteiger charge is 2.04. The molecule has 23 heavy (non-hydrogen) atoms. The van der Waals surface area contributed by atoms with E-state index in [-0.39, 0.29) is 30.1 Å². The summed E-state index contributed by atoms with van der Waals surface area (Å²) in [6, 6.07) is 15.2. The van der Waals surface area contributed by atoms with Crippen LogP contribution in [-0.2, 0) is 0 Å². The van der Waals surface area contributed by atoms with Gasteiger partial charge in [-0.1, -0.05) is 23.7 Å². The van der Waals surface area contributed by atoms with E-state index in [1.54, 1.807) is 12.1 Å². The van der Waals surface area contributed by atoms with Gasteiger partial charge in [-0.2, -0.15) is 0 Å². The maximum Gasteiger partial charge on any atom is 0.193 e. The molecule has 0 aliphatic rings. The minimum Gasteiger partial charge on any atom is -0.489 e. The third kappa shape index (κ3) is 7.09. The molecule has 0 spiro atoms. The Morgan fingerprint density at radius 3 is 2.61 bits per heavy atom. The first-order valence-electron chi connectivity index (χ1n) is 7.09. The van der Waals surface area contributed by atoms with Gasteiger partial charge in [-0.25, -0.2) is 4.99 Å². The van der Waals surface area contributed by atoms with Crippen molar-refractivity contribution in [3.05, 3.63) is 59.1 Å². The van der Waals surface area contributed by atoms with Gasteiger partial charge in [0.2, 0.25) is 0 Å². The third-order valence-electron chi connectivity index (χ3n) is 2.96. The van der Waals surface area contributed by atoms with Gasteiger partial charge in [-0.15, -0.1) is 24.0 Å². The number of hydrogen-bond donors (Lipinski definition) is 2. The number of nitrogens with one attached hydrogen (secondary N) is 1. The quantitative estimate of drug-likeness (QED) is 0.406. The molecule has 0 aliphatic heterocycles. The molecule has 0 saturated carbocycles. The van der Waals surface area contributed by atoms with Gasteiger partial charge in [0.05, 0.1) is 6.54 Å². The molecule has 124 valence electrons. The molecule has 0 aliphatic carbocycles. The number of benzene rings is 2. The molecule has 1 unspecified atom stereocenters.